The minimum absolute atomic E-state index is 0.0138. The van der Waals surface area contributed by atoms with Gasteiger partial charge in [0.05, 0.1) is 18.3 Å². The molecule has 3 heterocycles. The van der Waals surface area contributed by atoms with Crippen molar-refractivity contribution in [3.63, 3.8) is 0 Å². The summed E-state index contributed by atoms with van der Waals surface area (Å²) in [6.07, 6.45) is 3.35. The minimum Gasteiger partial charge on any atom is -0.355 e. The highest BCUT2D eigenvalue weighted by Crippen LogP contribution is 2.31. The number of carbonyl (C=O) groups is 1. The number of hydrogen-bond donors (Lipinski definition) is 0. The van der Waals surface area contributed by atoms with Gasteiger partial charge in [-0.25, -0.2) is 9.37 Å². The Morgan fingerprint density at radius 2 is 1.93 bits per heavy atom. The van der Waals surface area contributed by atoms with Gasteiger partial charge in [-0.1, -0.05) is 18.2 Å². The normalized spacial score (nSPS) is 14.3. The van der Waals surface area contributed by atoms with Crippen LogP contribution in [0, 0.1) is 12.7 Å². The maximum atomic E-state index is 13.0. The largest absolute Gasteiger partial charge is 0.355 e. The quantitative estimate of drug-likeness (QED) is 0.650. The number of aryl methyl sites for hydroxylation is 1. The summed E-state index contributed by atoms with van der Waals surface area (Å²) in [6.45, 7) is 5.89. The minimum atomic E-state index is -0.199. The number of aromatic nitrogens is 3. The van der Waals surface area contributed by atoms with E-state index in [0.29, 0.717) is 18.0 Å². The summed E-state index contributed by atoms with van der Waals surface area (Å²) in [6, 6.07) is 10.8. The second-order valence-corrected chi connectivity index (χ2v) is 7.05. The molecule has 27 heavy (non-hydrogen) atoms. The highest BCUT2D eigenvalue weighted by atomic mass is 19.1. The zero-order valence-corrected chi connectivity index (χ0v) is 15.4. The lowest BCUT2D eigenvalue weighted by Gasteiger charge is -2.40. The van der Waals surface area contributed by atoms with E-state index in [-0.39, 0.29) is 11.6 Å². The lowest BCUT2D eigenvalue weighted by molar-refractivity contribution is 0.101. The molecule has 0 N–H and O–H groups in total. The first kappa shape index (κ1) is 17.4. The van der Waals surface area contributed by atoms with Crippen molar-refractivity contribution < 1.29 is 9.18 Å². The Labute approximate surface area is 157 Å². The van der Waals surface area contributed by atoms with E-state index in [1.807, 2.05) is 25.1 Å². The van der Waals surface area contributed by atoms with Crippen molar-refractivity contribution >= 4 is 11.6 Å². The summed E-state index contributed by atoms with van der Waals surface area (Å²) in [5.41, 5.74) is 3.82. The average Bonchev–Trinajstić information content (AvgIpc) is 3.06. The molecule has 0 bridgehead atoms. The fourth-order valence-electron chi connectivity index (χ4n) is 3.34. The van der Waals surface area contributed by atoms with Gasteiger partial charge in [-0.3, -0.25) is 9.48 Å². The molecule has 2 aromatic heterocycles. The fraction of sp³-hybridized carbons (Fsp3) is 0.286. The first-order valence-electron chi connectivity index (χ1n) is 9.00. The zero-order valence-electron chi connectivity index (χ0n) is 15.4. The molecular weight excluding hydrogens is 343 g/mol. The molecule has 1 aromatic carbocycles. The van der Waals surface area contributed by atoms with Gasteiger partial charge in [-0.15, -0.1) is 0 Å². The van der Waals surface area contributed by atoms with Crippen molar-refractivity contribution in [2.45, 2.75) is 26.3 Å². The summed E-state index contributed by atoms with van der Waals surface area (Å²) >= 11 is 0. The van der Waals surface area contributed by atoms with Gasteiger partial charge in [0.15, 0.2) is 5.78 Å². The number of halogens is 1. The molecule has 6 heteroatoms. The van der Waals surface area contributed by atoms with E-state index < -0.39 is 0 Å². The summed E-state index contributed by atoms with van der Waals surface area (Å²) in [4.78, 5) is 18.4. The molecular formula is C21H21FN4O. The molecule has 1 aliphatic heterocycles. The molecule has 0 amide bonds. The van der Waals surface area contributed by atoms with E-state index >= 15 is 0 Å². The molecule has 0 atom stereocenters. The van der Waals surface area contributed by atoms with Crippen LogP contribution in [-0.2, 0) is 6.54 Å². The van der Waals surface area contributed by atoms with Crippen LogP contribution in [0.5, 0.6) is 0 Å². The Kier molecular flexibility index (Phi) is 4.48. The van der Waals surface area contributed by atoms with Gasteiger partial charge in [-0.05, 0) is 43.2 Å². The van der Waals surface area contributed by atoms with Gasteiger partial charge in [0.2, 0.25) is 0 Å². The number of Topliss-reactive ketones (excluding diaryl/α,β-unsaturated/α-hetero) is 1. The summed E-state index contributed by atoms with van der Waals surface area (Å²) < 4.78 is 14.8. The number of benzene rings is 1. The number of nitrogens with zero attached hydrogens (tertiary/aromatic N) is 4. The molecule has 0 aliphatic carbocycles. The molecule has 5 nitrogen and oxygen atoms in total. The molecule has 0 saturated carbocycles. The monoisotopic (exact) mass is 364 g/mol. The van der Waals surface area contributed by atoms with E-state index in [0.717, 1.165) is 30.2 Å². The predicted molar refractivity (Wildman–Crippen MR) is 102 cm³/mol. The number of rotatable bonds is 5. The maximum absolute atomic E-state index is 13.0. The first-order valence-corrected chi connectivity index (χ1v) is 9.00. The van der Waals surface area contributed by atoms with Crippen molar-refractivity contribution in [2.75, 3.05) is 18.0 Å². The van der Waals surface area contributed by atoms with Crippen molar-refractivity contribution in [2.24, 2.45) is 0 Å². The average molecular weight is 364 g/mol. The smallest absolute Gasteiger partial charge is 0.162 e. The standard InChI is InChI=1S/C21H21FN4O/c1-14-17(12-26-13-18(9-23-26)15(2)27)5-8-21(24-14)25-10-19(11-25)16-3-6-20(22)7-4-16/h3-9,13,19H,10-12H2,1-2H3. The van der Waals surface area contributed by atoms with E-state index in [1.165, 1.54) is 24.6 Å². The van der Waals surface area contributed by atoms with E-state index in [9.17, 15) is 9.18 Å². The molecule has 1 fully saturated rings. The van der Waals surface area contributed by atoms with Crippen LogP contribution in [0.4, 0.5) is 10.2 Å². The summed E-state index contributed by atoms with van der Waals surface area (Å²) in [7, 11) is 0. The maximum Gasteiger partial charge on any atom is 0.162 e. The van der Waals surface area contributed by atoms with Gasteiger partial charge < -0.3 is 4.90 Å². The summed E-state index contributed by atoms with van der Waals surface area (Å²) in [5, 5.41) is 4.24. The van der Waals surface area contributed by atoms with Crippen molar-refractivity contribution in [1.82, 2.24) is 14.8 Å². The molecule has 0 radical (unpaired) electrons. The van der Waals surface area contributed by atoms with Crippen LogP contribution < -0.4 is 4.90 Å². The van der Waals surface area contributed by atoms with Crippen molar-refractivity contribution in [3.05, 3.63) is 77.0 Å². The van der Waals surface area contributed by atoms with Crippen LogP contribution in [0.1, 0.15) is 40.0 Å². The topological polar surface area (TPSA) is 51.0 Å². The van der Waals surface area contributed by atoms with Crippen molar-refractivity contribution in [1.29, 1.82) is 0 Å². The van der Waals surface area contributed by atoms with Crippen LogP contribution in [-0.4, -0.2) is 33.6 Å². The highest BCUT2D eigenvalue weighted by Gasteiger charge is 2.29. The lowest BCUT2D eigenvalue weighted by atomic mass is 9.91. The zero-order chi connectivity index (χ0) is 19.0. The Balaban J connectivity index is 1.41. The third kappa shape index (κ3) is 3.60. The third-order valence-corrected chi connectivity index (χ3v) is 5.10. The molecule has 4 rings (SSSR count). The van der Waals surface area contributed by atoms with Gasteiger partial charge >= 0.3 is 0 Å². The number of hydrogen-bond acceptors (Lipinski definition) is 4. The number of carbonyl (C=O) groups excluding carboxylic acids is 1. The van der Waals surface area contributed by atoms with Crippen molar-refractivity contribution in [3.8, 4) is 0 Å². The molecule has 3 aromatic rings. The highest BCUT2D eigenvalue weighted by molar-refractivity contribution is 5.93. The van der Waals surface area contributed by atoms with Crippen LogP contribution in [0.2, 0.25) is 0 Å². The number of ketones is 1. The van der Waals surface area contributed by atoms with E-state index in [1.54, 1.807) is 17.1 Å². The number of pyridine rings is 1. The van der Waals surface area contributed by atoms with Crippen LogP contribution in [0.25, 0.3) is 0 Å². The van der Waals surface area contributed by atoms with E-state index in [4.69, 9.17) is 4.98 Å². The van der Waals surface area contributed by atoms with Gasteiger partial charge in [0, 0.05) is 30.9 Å². The molecule has 0 unspecified atom stereocenters. The second-order valence-electron chi connectivity index (χ2n) is 7.05. The van der Waals surface area contributed by atoms with Crippen LogP contribution >= 0.6 is 0 Å². The molecule has 1 aliphatic rings. The van der Waals surface area contributed by atoms with E-state index in [2.05, 4.69) is 16.1 Å². The Morgan fingerprint density at radius 3 is 2.56 bits per heavy atom. The van der Waals surface area contributed by atoms with Gasteiger partial charge in [0.25, 0.3) is 0 Å². The molecule has 1 saturated heterocycles. The molecule has 138 valence electrons. The second kappa shape index (κ2) is 6.95. The lowest BCUT2D eigenvalue weighted by Crippen LogP contribution is -2.45. The predicted octanol–water partition coefficient (Wildman–Crippen LogP) is 3.58. The Morgan fingerprint density at radius 1 is 1.19 bits per heavy atom. The fourth-order valence-corrected chi connectivity index (χ4v) is 3.34. The van der Waals surface area contributed by atoms with Crippen LogP contribution in [0.3, 0.4) is 0 Å². The Bertz CT molecular complexity index is 974. The Hall–Kier alpha value is -3.02. The number of anilines is 1. The molecule has 0 spiro atoms. The SMILES string of the molecule is CC(=O)c1cnn(Cc2ccc(N3CC(c4ccc(F)cc4)C3)nc2C)c1. The first-order chi connectivity index (χ1) is 13.0. The summed E-state index contributed by atoms with van der Waals surface area (Å²) in [5.74, 6) is 1.19. The van der Waals surface area contributed by atoms with Gasteiger partial charge in [0.1, 0.15) is 11.6 Å². The van der Waals surface area contributed by atoms with Gasteiger partial charge in [-0.2, -0.15) is 5.10 Å². The van der Waals surface area contributed by atoms with Crippen LogP contribution in [0.15, 0.2) is 48.8 Å². The third-order valence-electron chi connectivity index (χ3n) is 5.10.